The van der Waals surface area contributed by atoms with Crippen molar-refractivity contribution in [1.29, 1.82) is 0 Å². The average molecular weight is 168 g/mol. The van der Waals surface area contributed by atoms with Gasteiger partial charge in [0, 0.05) is 19.0 Å². The van der Waals surface area contributed by atoms with Crippen molar-refractivity contribution >= 4 is 5.91 Å². The third-order valence-electron chi connectivity index (χ3n) is 2.96. The van der Waals surface area contributed by atoms with E-state index in [0.29, 0.717) is 6.04 Å². The molecule has 12 heavy (non-hydrogen) atoms. The van der Waals surface area contributed by atoms with Crippen LogP contribution in [0.15, 0.2) is 0 Å². The Morgan fingerprint density at radius 1 is 1.50 bits per heavy atom. The van der Waals surface area contributed by atoms with Gasteiger partial charge in [0.2, 0.25) is 5.91 Å². The molecule has 0 aromatic carbocycles. The normalized spacial score (nSPS) is 32.3. The van der Waals surface area contributed by atoms with E-state index in [1.54, 1.807) is 0 Å². The fourth-order valence-electron chi connectivity index (χ4n) is 1.61. The third-order valence-corrected chi connectivity index (χ3v) is 2.96. The first-order valence-electron chi connectivity index (χ1n) is 4.61. The van der Waals surface area contributed by atoms with Crippen molar-refractivity contribution in [2.75, 3.05) is 13.1 Å². The highest BCUT2D eigenvalue weighted by Crippen LogP contribution is 2.51. The van der Waals surface area contributed by atoms with Gasteiger partial charge in [0.15, 0.2) is 0 Å². The monoisotopic (exact) mass is 168 g/mol. The summed E-state index contributed by atoms with van der Waals surface area (Å²) in [5, 5.41) is 6.16. The van der Waals surface area contributed by atoms with Gasteiger partial charge in [-0.05, 0) is 11.8 Å². The van der Waals surface area contributed by atoms with Gasteiger partial charge in [0.05, 0.1) is 6.04 Å². The van der Waals surface area contributed by atoms with Crippen molar-refractivity contribution in [3.63, 3.8) is 0 Å². The summed E-state index contributed by atoms with van der Waals surface area (Å²) < 4.78 is 0. The van der Waals surface area contributed by atoms with Gasteiger partial charge in [0.25, 0.3) is 0 Å². The molecule has 0 aromatic heterocycles. The van der Waals surface area contributed by atoms with Crippen LogP contribution in [-0.4, -0.2) is 25.0 Å². The highest BCUT2D eigenvalue weighted by molar-refractivity contribution is 5.82. The Morgan fingerprint density at radius 3 is 2.42 bits per heavy atom. The molecule has 1 aliphatic carbocycles. The molecule has 2 fully saturated rings. The number of nitrogens with one attached hydrogen (secondary N) is 2. The predicted molar refractivity (Wildman–Crippen MR) is 46.7 cm³/mol. The Labute approximate surface area is 72.9 Å². The SMILES string of the molecule is CC1(C)CC1C(=O)NC1CNC1. The van der Waals surface area contributed by atoms with Crippen molar-refractivity contribution < 1.29 is 4.79 Å². The van der Waals surface area contributed by atoms with Gasteiger partial charge in [-0.3, -0.25) is 4.79 Å². The maximum atomic E-state index is 11.5. The van der Waals surface area contributed by atoms with Gasteiger partial charge < -0.3 is 10.6 Å². The lowest BCUT2D eigenvalue weighted by atomic mass is 10.1. The highest BCUT2D eigenvalue weighted by atomic mass is 16.2. The maximum absolute atomic E-state index is 11.5. The zero-order valence-corrected chi connectivity index (χ0v) is 7.68. The Balaban J connectivity index is 1.78. The first-order chi connectivity index (χ1) is 5.59. The number of amides is 1. The van der Waals surface area contributed by atoms with Crippen molar-refractivity contribution in [3.05, 3.63) is 0 Å². The lowest BCUT2D eigenvalue weighted by molar-refractivity contribution is -0.124. The molecule has 3 heteroatoms. The van der Waals surface area contributed by atoms with Crippen LogP contribution in [0.5, 0.6) is 0 Å². The van der Waals surface area contributed by atoms with Crippen molar-refractivity contribution in [1.82, 2.24) is 10.6 Å². The molecule has 1 saturated carbocycles. The van der Waals surface area contributed by atoms with Gasteiger partial charge >= 0.3 is 0 Å². The number of hydrogen-bond donors (Lipinski definition) is 2. The van der Waals surface area contributed by atoms with E-state index in [1.165, 1.54) is 0 Å². The molecule has 0 aromatic rings. The summed E-state index contributed by atoms with van der Waals surface area (Å²) in [4.78, 5) is 11.5. The molecule has 0 spiro atoms. The summed E-state index contributed by atoms with van der Waals surface area (Å²) in [5.74, 6) is 0.532. The van der Waals surface area contributed by atoms with Crippen LogP contribution < -0.4 is 10.6 Å². The smallest absolute Gasteiger partial charge is 0.223 e. The second kappa shape index (κ2) is 2.46. The van der Waals surface area contributed by atoms with E-state index in [2.05, 4.69) is 24.5 Å². The van der Waals surface area contributed by atoms with Gasteiger partial charge in [-0.25, -0.2) is 0 Å². The Kier molecular flexibility index (Phi) is 1.65. The molecule has 1 heterocycles. The fourth-order valence-corrected chi connectivity index (χ4v) is 1.61. The first-order valence-corrected chi connectivity index (χ1v) is 4.61. The molecular weight excluding hydrogens is 152 g/mol. The third kappa shape index (κ3) is 1.33. The standard InChI is InChI=1S/C9H16N2O/c1-9(2)3-7(9)8(12)11-6-4-10-5-6/h6-7,10H,3-5H2,1-2H3,(H,11,12). The zero-order valence-electron chi connectivity index (χ0n) is 7.68. The molecule has 2 N–H and O–H groups in total. The van der Waals surface area contributed by atoms with E-state index in [4.69, 9.17) is 0 Å². The molecule has 2 rings (SSSR count). The van der Waals surface area contributed by atoms with Gasteiger partial charge in [-0.1, -0.05) is 13.8 Å². The summed E-state index contributed by atoms with van der Waals surface area (Å²) in [5.41, 5.74) is 0.265. The van der Waals surface area contributed by atoms with Crippen LogP contribution >= 0.6 is 0 Å². The van der Waals surface area contributed by atoms with E-state index in [-0.39, 0.29) is 17.2 Å². The van der Waals surface area contributed by atoms with E-state index < -0.39 is 0 Å². The quantitative estimate of drug-likeness (QED) is 0.615. The van der Waals surface area contributed by atoms with Gasteiger partial charge in [0.1, 0.15) is 0 Å². The minimum atomic E-state index is 0.256. The van der Waals surface area contributed by atoms with E-state index in [9.17, 15) is 4.79 Å². The van der Waals surface area contributed by atoms with Gasteiger partial charge in [-0.2, -0.15) is 0 Å². The second-order valence-electron chi connectivity index (χ2n) is 4.61. The maximum Gasteiger partial charge on any atom is 0.223 e. The first kappa shape index (κ1) is 8.05. The van der Waals surface area contributed by atoms with Crippen molar-refractivity contribution in [3.8, 4) is 0 Å². The average Bonchev–Trinajstić information content (AvgIpc) is 2.50. The molecule has 1 aliphatic heterocycles. The fraction of sp³-hybridized carbons (Fsp3) is 0.889. The number of carbonyl (C=O) groups excluding carboxylic acids is 1. The van der Waals surface area contributed by atoms with Crippen LogP contribution in [0.4, 0.5) is 0 Å². The Morgan fingerprint density at radius 2 is 2.08 bits per heavy atom. The lowest BCUT2D eigenvalue weighted by Crippen LogP contribution is -2.57. The molecule has 1 saturated heterocycles. The summed E-state index contributed by atoms with van der Waals surface area (Å²) in [6.45, 7) is 6.18. The lowest BCUT2D eigenvalue weighted by Gasteiger charge is -2.28. The van der Waals surface area contributed by atoms with Crippen LogP contribution in [0, 0.1) is 11.3 Å². The molecule has 1 amide bonds. The van der Waals surface area contributed by atoms with Crippen molar-refractivity contribution in [2.24, 2.45) is 11.3 Å². The Hall–Kier alpha value is -0.570. The predicted octanol–water partition coefficient (Wildman–Crippen LogP) is 0.120. The number of rotatable bonds is 2. The zero-order chi connectivity index (χ0) is 8.77. The van der Waals surface area contributed by atoms with Crippen molar-refractivity contribution in [2.45, 2.75) is 26.3 Å². The second-order valence-corrected chi connectivity index (χ2v) is 4.61. The molecule has 0 radical (unpaired) electrons. The molecule has 2 aliphatic rings. The molecule has 1 unspecified atom stereocenters. The number of hydrogen-bond acceptors (Lipinski definition) is 2. The molecule has 0 bridgehead atoms. The van der Waals surface area contributed by atoms with Crippen LogP contribution in [0.2, 0.25) is 0 Å². The molecular formula is C9H16N2O. The van der Waals surface area contributed by atoms with Gasteiger partial charge in [-0.15, -0.1) is 0 Å². The molecule has 68 valence electrons. The minimum Gasteiger partial charge on any atom is -0.351 e. The van der Waals surface area contributed by atoms with E-state index in [1.807, 2.05) is 0 Å². The largest absolute Gasteiger partial charge is 0.351 e. The summed E-state index contributed by atoms with van der Waals surface area (Å²) in [6, 6.07) is 0.397. The molecule has 1 atom stereocenters. The Bertz CT molecular complexity index is 209. The van der Waals surface area contributed by atoms with Crippen LogP contribution in [-0.2, 0) is 4.79 Å². The van der Waals surface area contributed by atoms with Crippen LogP contribution in [0.1, 0.15) is 20.3 Å². The number of carbonyl (C=O) groups is 1. The van der Waals surface area contributed by atoms with Crippen LogP contribution in [0.25, 0.3) is 0 Å². The molecule has 3 nitrogen and oxygen atoms in total. The summed E-state index contributed by atoms with van der Waals surface area (Å²) in [7, 11) is 0. The minimum absolute atomic E-state index is 0.256. The van der Waals surface area contributed by atoms with E-state index in [0.717, 1.165) is 19.5 Å². The topological polar surface area (TPSA) is 41.1 Å². The van der Waals surface area contributed by atoms with E-state index >= 15 is 0 Å². The summed E-state index contributed by atoms with van der Waals surface area (Å²) >= 11 is 0. The highest BCUT2D eigenvalue weighted by Gasteiger charge is 2.50. The van der Waals surface area contributed by atoms with Crippen LogP contribution in [0.3, 0.4) is 0 Å². The summed E-state index contributed by atoms with van der Waals surface area (Å²) in [6.07, 6.45) is 1.05.